The van der Waals surface area contributed by atoms with E-state index in [1.165, 1.54) is 52.5 Å². The highest BCUT2D eigenvalue weighted by molar-refractivity contribution is 5.98. The van der Waals surface area contributed by atoms with E-state index in [0.29, 0.717) is 30.5 Å². The van der Waals surface area contributed by atoms with Gasteiger partial charge < -0.3 is 9.80 Å². The number of hydrogen-bond donors (Lipinski definition) is 0. The van der Waals surface area contributed by atoms with Crippen LogP contribution in [0.3, 0.4) is 0 Å². The molecule has 0 unspecified atom stereocenters. The summed E-state index contributed by atoms with van der Waals surface area (Å²) in [6.45, 7) is 1.24. The first-order valence-electron chi connectivity index (χ1n) is 9.28. The summed E-state index contributed by atoms with van der Waals surface area (Å²) in [6.07, 6.45) is 3.45. The number of carbonyl (C=O) groups is 2. The van der Waals surface area contributed by atoms with Crippen LogP contribution in [-0.4, -0.2) is 57.8 Å². The van der Waals surface area contributed by atoms with E-state index in [2.05, 4.69) is 9.97 Å². The van der Waals surface area contributed by atoms with Crippen molar-refractivity contribution in [3.05, 3.63) is 71.6 Å². The van der Waals surface area contributed by atoms with E-state index < -0.39 is 23.4 Å². The van der Waals surface area contributed by atoms with Gasteiger partial charge in [0.2, 0.25) is 0 Å². The SMILES string of the molecule is O=C(c1ccccc1F)N1CCCN(C(=O)c2cc3nccnc3cc2F)CC1. The molecule has 0 bridgehead atoms. The van der Waals surface area contributed by atoms with Crippen LogP contribution in [0.15, 0.2) is 48.8 Å². The maximum atomic E-state index is 14.5. The number of aromatic nitrogens is 2. The fraction of sp³-hybridized carbons (Fsp3) is 0.238. The van der Waals surface area contributed by atoms with Gasteiger partial charge in [0.1, 0.15) is 11.6 Å². The number of halogens is 2. The molecule has 1 aliphatic heterocycles. The van der Waals surface area contributed by atoms with Gasteiger partial charge in [0, 0.05) is 44.6 Å². The van der Waals surface area contributed by atoms with Gasteiger partial charge in [-0.1, -0.05) is 12.1 Å². The summed E-state index contributed by atoms with van der Waals surface area (Å²) in [6, 6.07) is 8.41. The second-order valence-corrected chi connectivity index (χ2v) is 6.79. The van der Waals surface area contributed by atoms with Gasteiger partial charge in [-0.05, 0) is 24.6 Å². The monoisotopic (exact) mass is 396 g/mol. The quantitative estimate of drug-likeness (QED) is 0.668. The number of carbonyl (C=O) groups excluding carboxylic acids is 2. The van der Waals surface area contributed by atoms with E-state index in [1.807, 2.05) is 0 Å². The molecule has 29 heavy (non-hydrogen) atoms. The molecular formula is C21H18F2N4O2. The van der Waals surface area contributed by atoms with Crippen molar-refractivity contribution in [3.63, 3.8) is 0 Å². The summed E-state index contributed by atoms with van der Waals surface area (Å²) in [7, 11) is 0. The first-order valence-corrected chi connectivity index (χ1v) is 9.28. The van der Waals surface area contributed by atoms with E-state index >= 15 is 0 Å². The zero-order valence-corrected chi connectivity index (χ0v) is 15.5. The number of benzene rings is 2. The Morgan fingerprint density at radius 2 is 1.34 bits per heavy atom. The van der Waals surface area contributed by atoms with Gasteiger partial charge in [0.25, 0.3) is 11.8 Å². The summed E-state index contributed by atoms with van der Waals surface area (Å²) in [5.74, 6) is -2.11. The molecular weight excluding hydrogens is 378 g/mol. The van der Waals surface area contributed by atoms with Gasteiger partial charge in [-0.15, -0.1) is 0 Å². The molecule has 148 valence electrons. The number of hydrogen-bond acceptors (Lipinski definition) is 4. The van der Waals surface area contributed by atoms with Crippen LogP contribution in [0.2, 0.25) is 0 Å². The molecule has 2 aromatic carbocycles. The normalized spacial score (nSPS) is 14.7. The smallest absolute Gasteiger partial charge is 0.256 e. The Kier molecular flexibility index (Phi) is 5.16. The van der Waals surface area contributed by atoms with Crippen LogP contribution in [-0.2, 0) is 0 Å². The lowest BCUT2D eigenvalue weighted by Gasteiger charge is -2.22. The van der Waals surface area contributed by atoms with E-state index in [1.54, 1.807) is 6.07 Å². The van der Waals surface area contributed by atoms with Gasteiger partial charge in [0.05, 0.1) is 22.2 Å². The molecule has 0 saturated carbocycles. The molecule has 0 N–H and O–H groups in total. The Bertz CT molecular complexity index is 1090. The van der Waals surface area contributed by atoms with E-state index in [9.17, 15) is 18.4 Å². The minimum absolute atomic E-state index is 0.00595. The zero-order chi connectivity index (χ0) is 20.4. The van der Waals surface area contributed by atoms with Crippen LogP contribution in [0.4, 0.5) is 8.78 Å². The maximum absolute atomic E-state index is 14.5. The molecule has 0 aliphatic carbocycles. The fourth-order valence-electron chi connectivity index (χ4n) is 3.45. The van der Waals surface area contributed by atoms with Crippen molar-refractivity contribution in [1.29, 1.82) is 0 Å². The van der Waals surface area contributed by atoms with Crippen LogP contribution in [0.25, 0.3) is 11.0 Å². The molecule has 6 nitrogen and oxygen atoms in total. The third kappa shape index (κ3) is 3.78. The average molecular weight is 396 g/mol. The van der Waals surface area contributed by atoms with E-state index in [4.69, 9.17) is 0 Å². The zero-order valence-electron chi connectivity index (χ0n) is 15.5. The Morgan fingerprint density at radius 1 is 0.759 bits per heavy atom. The van der Waals surface area contributed by atoms with Crippen LogP contribution in [0.1, 0.15) is 27.1 Å². The van der Waals surface area contributed by atoms with Gasteiger partial charge in [-0.2, -0.15) is 0 Å². The van der Waals surface area contributed by atoms with E-state index in [0.717, 1.165) is 0 Å². The third-order valence-electron chi connectivity index (χ3n) is 4.96. The Hall–Kier alpha value is -3.42. The van der Waals surface area contributed by atoms with Crippen molar-refractivity contribution in [1.82, 2.24) is 19.8 Å². The number of nitrogens with zero attached hydrogens (tertiary/aromatic N) is 4. The van der Waals surface area contributed by atoms with Crippen molar-refractivity contribution in [2.75, 3.05) is 26.2 Å². The molecule has 1 aromatic heterocycles. The highest BCUT2D eigenvalue weighted by atomic mass is 19.1. The van der Waals surface area contributed by atoms with Crippen LogP contribution < -0.4 is 0 Å². The Balaban J connectivity index is 1.51. The predicted octanol–water partition coefficient (Wildman–Crippen LogP) is 2.90. The van der Waals surface area contributed by atoms with Gasteiger partial charge in [0.15, 0.2) is 0 Å². The van der Waals surface area contributed by atoms with Crippen LogP contribution in [0.5, 0.6) is 0 Å². The highest BCUT2D eigenvalue weighted by Crippen LogP contribution is 2.19. The molecule has 8 heteroatoms. The first-order chi connectivity index (χ1) is 14.0. The molecule has 4 rings (SSSR count). The minimum atomic E-state index is -0.661. The molecule has 2 amide bonds. The molecule has 0 spiro atoms. The van der Waals surface area contributed by atoms with E-state index in [-0.39, 0.29) is 24.2 Å². The molecule has 3 aromatic rings. The topological polar surface area (TPSA) is 66.4 Å². The van der Waals surface area contributed by atoms with Crippen molar-refractivity contribution in [2.45, 2.75) is 6.42 Å². The molecule has 0 atom stereocenters. The summed E-state index contributed by atoms with van der Waals surface area (Å²) in [5.41, 5.74) is 0.737. The van der Waals surface area contributed by atoms with Gasteiger partial charge >= 0.3 is 0 Å². The average Bonchev–Trinajstić information content (AvgIpc) is 2.99. The second-order valence-electron chi connectivity index (χ2n) is 6.79. The molecule has 0 radical (unpaired) electrons. The lowest BCUT2D eigenvalue weighted by Crippen LogP contribution is -2.37. The summed E-state index contributed by atoms with van der Waals surface area (Å²) in [4.78, 5) is 36.7. The minimum Gasteiger partial charge on any atom is -0.337 e. The van der Waals surface area contributed by atoms with Crippen LogP contribution >= 0.6 is 0 Å². The van der Waals surface area contributed by atoms with Crippen molar-refractivity contribution < 1.29 is 18.4 Å². The van der Waals surface area contributed by atoms with Crippen molar-refractivity contribution in [2.24, 2.45) is 0 Å². The second kappa shape index (κ2) is 7.90. The number of fused-ring (bicyclic) bond motifs is 1. The largest absolute Gasteiger partial charge is 0.337 e. The van der Waals surface area contributed by atoms with Crippen LogP contribution in [0, 0.1) is 11.6 Å². The standard InChI is InChI=1S/C21H18F2N4O2/c22-16-5-2-1-4-14(16)20(28)26-8-3-9-27(11-10-26)21(29)15-12-18-19(13-17(15)23)25-7-6-24-18/h1-2,4-7,12-13H,3,8-11H2. The summed E-state index contributed by atoms with van der Waals surface area (Å²) < 4.78 is 28.4. The Labute approximate surface area is 165 Å². The summed E-state index contributed by atoms with van der Waals surface area (Å²) >= 11 is 0. The molecule has 1 saturated heterocycles. The molecule has 1 aliphatic rings. The first kappa shape index (κ1) is 18.9. The highest BCUT2D eigenvalue weighted by Gasteiger charge is 2.26. The number of amides is 2. The lowest BCUT2D eigenvalue weighted by atomic mass is 10.1. The van der Waals surface area contributed by atoms with Gasteiger partial charge in [-0.3, -0.25) is 19.6 Å². The third-order valence-corrected chi connectivity index (χ3v) is 4.96. The predicted molar refractivity (Wildman–Crippen MR) is 102 cm³/mol. The van der Waals surface area contributed by atoms with Crippen molar-refractivity contribution >= 4 is 22.8 Å². The maximum Gasteiger partial charge on any atom is 0.256 e. The molecule has 1 fully saturated rings. The Morgan fingerprint density at radius 3 is 2.00 bits per heavy atom. The molecule has 2 heterocycles. The fourth-order valence-corrected chi connectivity index (χ4v) is 3.45. The van der Waals surface area contributed by atoms with Crippen molar-refractivity contribution in [3.8, 4) is 0 Å². The number of rotatable bonds is 2. The summed E-state index contributed by atoms with van der Waals surface area (Å²) in [5, 5.41) is 0. The lowest BCUT2D eigenvalue weighted by molar-refractivity contribution is 0.0713. The van der Waals surface area contributed by atoms with Gasteiger partial charge in [-0.25, -0.2) is 8.78 Å².